The van der Waals surface area contributed by atoms with Crippen LogP contribution in [-0.2, 0) is 0 Å². The number of nitrogens with zero attached hydrogens (tertiary/aromatic N) is 5. The van der Waals surface area contributed by atoms with E-state index in [2.05, 4.69) is 5.10 Å². The lowest BCUT2D eigenvalue weighted by atomic mass is 10.3. The van der Waals surface area contributed by atoms with Gasteiger partial charge in [-0.05, 0) is 46.1 Å². The van der Waals surface area contributed by atoms with Crippen LogP contribution in [0, 0.1) is 0 Å². The summed E-state index contributed by atoms with van der Waals surface area (Å²) in [4.78, 5) is 21.9. The van der Waals surface area contributed by atoms with Crippen molar-refractivity contribution in [3.8, 4) is 5.75 Å². The molecule has 0 spiro atoms. The molecule has 0 saturated carbocycles. The van der Waals surface area contributed by atoms with Crippen LogP contribution in [0.1, 0.15) is 30.4 Å². The first-order valence-corrected chi connectivity index (χ1v) is 9.67. The Labute approximate surface area is 163 Å². The molecule has 1 aromatic carbocycles. The highest BCUT2D eigenvalue weighted by Gasteiger charge is 2.25. The number of hydrogen-bond donors (Lipinski definition) is 0. The molecule has 0 atom stereocenters. The van der Waals surface area contributed by atoms with Gasteiger partial charge in [0.1, 0.15) is 17.0 Å². The minimum absolute atomic E-state index is 0.0962. The number of rotatable bonds is 7. The summed E-state index contributed by atoms with van der Waals surface area (Å²) in [6, 6.07) is 7.67. The van der Waals surface area contributed by atoms with Gasteiger partial charge in [-0.3, -0.25) is 14.4 Å². The van der Waals surface area contributed by atoms with Crippen LogP contribution in [0.15, 0.2) is 30.5 Å². The Hall–Kier alpha value is -2.45. The molecule has 0 saturated heterocycles. The van der Waals surface area contributed by atoms with Crippen LogP contribution in [0.5, 0.6) is 5.75 Å². The lowest BCUT2D eigenvalue weighted by molar-refractivity contribution is 0.0973. The van der Waals surface area contributed by atoms with E-state index < -0.39 is 0 Å². The lowest BCUT2D eigenvalue weighted by Crippen LogP contribution is -2.38. The van der Waals surface area contributed by atoms with Gasteiger partial charge in [0.25, 0.3) is 5.91 Å². The summed E-state index contributed by atoms with van der Waals surface area (Å²) in [6.07, 6.45) is 1.67. The van der Waals surface area contributed by atoms with Gasteiger partial charge >= 0.3 is 0 Å². The fourth-order valence-corrected chi connectivity index (χ4v) is 3.82. The molecular formula is C19H25N5O2S. The van der Waals surface area contributed by atoms with Gasteiger partial charge < -0.3 is 9.64 Å². The van der Waals surface area contributed by atoms with E-state index in [1.54, 1.807) is 29.0 Å². The Morgan fingerprint density at radius 2 is 2.04 bits per heavy atom. The Morgan fingerprint density at radius 3 is 2.70 bits per heavy atom. The van der Waals surface area contributed by atoms with Crippen LogP contribution in [0.4, 0.5) is 5.13 Å². The average molecular weight is 388 g/mol. The Bertz CT molecular complexity index is 931. The van der Waals surface area contributed by atoms with Crippen molar-refractivity contribution in [2.45, 2.75) is 19.9 Å². The predicted molar refractivity (Wildman–Crippen MR) is 109 cm³/mol. The molecule has 144 valence electrons. The highest BCUT2D eigenvalue weighted by molar-refractivity contribution is 7.22. The summed E-state index contributed by atoms with van der Waals surface area (Å²) in [7, 11) is 5.61. The number of methoxy groups -OCH3 is 1. The zero-order valence-corrected chi connectivity index (χ0v) is 17.2. The molecule has 3 rings (SSSR count). The molecule has 0 aliphatic carbocycles. The van der Waals surface area contributed by atoms with Gasteiger partial charge in [-0.15, -0.1) is 0 Å². The van der Waals surface area contributed by atoms with Gasteiger partial charge in [0.2, 0.25) is 0 Å². The number of para-hydroxylation sites is 1. The number of aromatic nitrogens is 3. The van der Waals surface area contributed by atoms with Crippen molar-refractivity contribution >= 4 is 32.6 Å². The van der Waals surface area contributed by atoms with Gasteiger partial charge in [0.05, 0.1) is 11.8 Å². The van der Waals surface area contributed by atoms with E-state index in [9.17, 15) is 4.79 Å². The maximum Gasteiger partial charge on any atom is 0.278 e. The Kier molecular flexibility index (Phi) is 5.76. The second-order valence-electron chi connectivity index (χ2n) is 6.82. The number of fused-ring (bicyclic) bond motifs is 1. The zero-order chi connectivity index (χ0) is 19.6. The second-order valence-corrected chi connectivity index (χ2v) is 7.83. The molecule has 0 unspecified atom stereocenters. The fourth-order valence-electron chi connectivity index (χ4n) is 2.81. The number of likely N-dealkylation sites (N-methyl/N-ethyl adjacent to an activating group) is 1. The number of anilines is 1. The molecule has 0 bridgehead atoms. The molecule has 8 heteroatoms. The molecule has 0 aliphatic heterocycles. The maximum absolute atomic E-state index is 13.4. The second kappa shape index (κ2) is 8.06. The third kappa shape index (κ3) is 3.96. The molecular weight excluding hydrogens is 362 g/mol. The molecule has 1 amide bonds. The summed E-state index contributed by atoms with van der Waals surface area (Å²) in [5, 5.41) is 4.96. The standard InChI is InChI=1S/C19H25N5O2S/c1-13(2)24-14(9-10-20-24)18(25)23(12-11-22(3)4)19-21-17-15(26-5)7-6-8-16(17)27-19/h6-10,13H,11-12H2,1-5H3. The molecule has 2 aromatic heterocycles. The number of thiazole rings is 1. The van der Waals surface area contributed by atoms with Crippen LogP contribution in [0.3, 0.4) is 0 Å². The first-order chi connectivity index (χ1) is 12.9. The summed E-state index contributed by atoms with van der Waals surface area (Å²) in [5.74, 6) is 0.614. The highest BCUT2D eigenvalue weighted by atomic mass is 32.1. The molecule has 27 heavy (non-hydrogen) atoms. The number of ether oxygens (including phenoxy) is 1. The summed E-state index contributed by atoms with van der Waals surface area (Å²) in [5.41, 5.74) is 1.34. The largest absolute Gasteiger partial charge is 0.494 e. The number of hydrogen-bond acceptors (Lipinski definition) is 6. The van der Waals surface area contributed by atoms with Crippen molar-refractivity contribution in [1.29, 1.82) is 0 Å². The summed E-state index contributed by atoms with van der Waals surface area (Å²) >= 11 is 1.49. The van der Waals surface area contributed by atoms with E-state index in [1.165, 1.54) is 11.3 Å². The van der Waals surface area contributed by atoms with Crippen molar-refractivity contribution in [2.24, 2.45) is 0 Å². The lowest BCUT2D eigenvalue weighted by Gasteiger charge is -2.22. The van der Waals surface area contributed by atoms with Gasteiger partial charge in [0, 0.05) is 25.3 Å². The smallest absolute Gasteiger partial charge is 0.278 e. The fraction of sp³-hybridized carbons (Fsp3) is 0.421. The molecule has 0 N–H and O–H groups in total. The molecule has 0 fully saturated rings. The SMILES string of the molecule is COc1cccc2sc(N(CCN(C)C)C(=O)c3ccnn3C(C)C)nc12. The van der Waals surface area contributed by atoms with E-state index >= 15 is 0 Å². The molecule has 7 nitrogen and oxygen atoms in total. The predicted octanol–water partition coefficient (Wildman–Crippen LogP) is 3.29. The molecule has 3 aromatic rings. The maximum atomic E-state index is 13.4. The number of amides is 1. The first-order valence-electron chi connectivity index (χ1n) is 8.86. The number of carbonyl (C=O) groups excluding carboxylic acids is 1. The summed E-state index contributed by atoms with van der Waals surface area (Å²) < 4.78 is 8.16. The molecule has 0 aliphatic rings. The van der Waals surface area contributed by atoms with Crippen LogP contribution < -0.4 is 9.64 Å². The van der Waals surface area contributed by atoms with Gasteiger partial charge in [0.15, 0.2) is 5.13 Å². The molecule has 0 radical (unpaired) electrons. The van der Waals surface area contributed by atoms with Crippen molar-refractivity contribution < 1.29 is 9.53 Å². The Morgan fingerprint density at radius 1 is 1.26 bits per heavy atom. The van der Waals surface area contributed by atoms with Crippen LogP contribution in [-0.4, -0.2) is 59.9 Å². The van der Waals surface area contributed by atoms with Gasteiger partial charge in [-0.25, -0.2) is 4.98 Å². The first kappa shape index (κ1) is 19.3. The van der Waals surface area contributed by atoms with E-state index in [4.69, 9.17) is 9.72 Å². The third-order valence-electron chi connectivity index (χ3n) is 4.22. The van der Waals surface area contributed by atoms with E-state index in [0.29, 0.717) is 23.1 Å². The molecule has 2 heterocycles. The van der Waals surface area contributed by atoms with Crippen LogP contribution in [0.2, 0.25) is 0 Å². The van der Waals surface area contributed by atoms with Crippen molar-refractivity contribution in [2.75, 3.05) is 39.2 Å². The van der Waals surface area contributed by atoms with E-state index in [0.717, 1.165) is 16.8 Å². The van der Waals surface area contributed by atoms with Crippen molar-refractivity contribution in [3.05, 3.63) is 36.2 Å². The third-order valence-corrected chi connectivity index (χ3v) is 5.26. The average Bonchev–Trinajstić information content (AvgIpc) is 3.28. The van der Waals surface area contributed by atoms with E-state index in [-0.39, 0.29) is 11.9 Å². The topological polar surface area (TPSA) is 63.5 Å². The van der Waals surface area contributed by atoms with Crippen molar-refractivity contribution in [1.82, 2.24) is 19.7 Å². The minimum atomic E-state index is -0.0962. The number of benzene rings is 1. The van der Waals surface area contributed by atoms with Crippen LogP contribution >= 0.6 is 11.3 Å². The van der Waals surface area contributed by atoms with E-state index in [1.807, 2.05) is 51.0 Å². The Balaban J connectivity index is 2.03. The highest BCUT2D eigenvalue weighted by Crippen LogP contribution is 2.34. The summed E-state index contributed by atoms with van der Waals surface area (Å²) in [6.45, 7) is 5.29. The zero-order valence-electron chi connectivity index (χ0n) is 16.3. The minimum Gasteiger partial charge on any atom is -0.494 e. The van der Waals surface area contributed by atoms with Crippen LogP contribution in [0.25, 0.3) is 10.2 Å². The quantitative estimate of drug-likeness (QED) is 0.622. The van der Waals surface area contributed by atoms with Gasteiger partial charge in [-0.2, -0.15) is 5.10 Å². The normalized spacial score (nSPS) is 11.5. The van der Waals surface area contributed by atoms with Gasteiger partial charge in [-0.1, -0.05) is 17.4 Å². The monoisotopic (exact) mass is 387 g/mol. The number of carbonyl (C=O) groups is 1. The van der Waals surface area contributed by atoms with Crippen molar-refractivity contribution in [3.63, 3.8) is 0 Å².